The van der Waals surface area contributed by atoms with E-state index >= 15 is 0 Å². The van der Waals surface area contributed by atoms with E-state index in [1.165, 1.54) is 28.8 Å². The number of anilines is 1. The lowest BCUT2D eigenvalue weighted by atomic mass is 10.1. The van der Waals surface area contributed by atoms with Crippen molar-refractivity contribution >= 4 is 23.2 Å². The van der Waals surface area contributed by atoms with E-state index in [1.807, 2.05) is 0 Å². The number of alkyl halides is 3. The molecule has 0 unspecified atom stereocenters. The maximum atomic E-state index is 13.2. The van der Waals surface area contributed by atoms with Crippen molar-refractivity contribution in [1.82, 2.24) is 24.5 Å². The minimum absolute atomic E-state index is 0.119. The summed E-state index contributed by atoms with van der Waals surface area (Å²) < 4.78 is 40.7. The molecule has 156 valence electrons. The Morgan fingerprint density at radius 1 is 1.10 bits per heavy atom. The summed E-state index contributed by atoms with van der Waals surface area (Å²) in [6.45, 7) is 1.06. The maximum absolute atomic E-state index is 13.2. The number of fused-ring (bicyclic) bond motifs is 1. The standard InChI is InChI=1S/C17H14F3N7O3/c18-17(19,20)13-9-14(26-16(23-13)21-10-22-26)24-5-7-25(8-6-24)15(28)11-1-3-12(4-2-11)27(29)30/h1-4,9-10H,5-8H2. The number of nitrogens with zero attached hydrogens (tertiary/aromatic N) is 7. The van der Waals surface area contributed by atoms with E-state index < -0.39 is 16.8 Å². The van der Waals surface area contributed by atoms with Crippen LogP contribution < -0.4 is 4.90 Å². The Morgan fingerprint density at radius 3 is 2.37 bits per heavy atom. The normalized spacial score (nSPS) is 14.9. The van der Waals surface area contributed by atoms with Crippen LogP contribution in [0.5, 0.6) is 0 Å². The fourth-order valence-corrected chi connectivity index (χ4v) is 3.21. The van der Waals surface area contributed by atoms with Gasteiger partial charge in [0.15, 0.2) is 5.69 Å². The molecule has 0 spiro atoms. The van der Waals surface area contributed by atoms with Gasteiger partial charge in [-0.2, -0.15) is 27.8 Å². The Bertz CT molecular complexity index is 1110. The molecule has 0 bridgehead atoms. The van der Waals surface area contributed by atoms with E-state index in [-0.39, 0.29) is 49.4 Å². The average molecular weight is 421 g/mol. The second-order valence-electron chi connectivity index (χ2n) is 6.55. The summed E-state index contributed by atoms with van der Waals surface area (Å²) in [7, 11) is 0. The van der Waals surface area contributed by atoms with Gasteiger partial charge in [0, 0.05) is 49.9 Å². The molecule has 1 fully saturated rings. The predicted octanol–water partition coefficient (Wildman–Crippen LogP) is 2.01. The molecule has 4 rings (SSSR count). The van der Waals surface area contributed by atoms with Gasteiger partial charge >= 0.3 is 6.18 Å². The van der Waals surface area contributed by atoms with Gasteiger partial charge in [0.1, 0.15) is 12.1 Å². The zero-order valence-corrected chi connectivity index (χ0v) is 15.3. The van der Waals surface area contributed by atoms with Crippen LogP contribution in [-0.4, -0.2) is 61.5 Å². The number of hydrogen-bond acceptors (Lipinski definition) is 7. The summed E-state index contributed by atoms with van der Waals surface area (Å²) in [4.78, 5) is 33.3. The van der Waals surface area contributed by atoms with Gasteiger partial charge in [-0.25, -0.2) is 4.98 Å². The first-order valence-electron chi connectivity index (χ1n) is 8.81. The fraction of sp³-hybridized carbons (Fsp3) is 0.294. The highest BCUT2D eigenvalue weighted by Crippen LogP contribution is 2.31. The Balaban J connectivity index is 1.51. The topological polar surface area (TPSA) is 110 Å². The molecular weight excluding hydrogens is 407 g/mol. The summed E-state index contributed by atoms with van der Waals surface area (Å²) in [6, 6.07) is 6.17. The van der Waals surface area contributed by atoms with Gasteiger partial charge in [-0.1, -0.05) is 0 Å². The minimum Gasteiger partial charge on any atom is -0.353 e. The number of carbonyl (C=O) groups excluding carboxylic acids is 1. The molecule has 0 atom stereocenters. The summed E-state index contributed by atoms with van der Waals surface area (Å²) >= 11 is 0. The van der Waals surface area contributed by atoms with Crippen LogP contribution >= 0.6 is 0 Å². The van der Waals surface area contributed by atoms with Gasteiger partial charge < -0.3 is 9.80 Å². The van der Waals surface area contributed by atoms with Crippen LogP contribution in [0.2, 0.25) is 0 Å². The number of amides is 1. The molecule has 0 aliphatic carbocycles. The Morgan fingerprint density at radius 2 is 1.77 bits per heavy atom. The molecule has 13 heteroatoms. The van der Waals surface area contributed by atoms with Gasteiger partial charge in [-0.05, 0) is 12.1 Å². The van der Waals surface area contributed by atoms with Gasteiger partial charge in [-0.3, -0.25) is 14.9 Å². The zero-order valence-electron chi connectivity index (χ0n) is 15.3. The lowest BCUT2D eigenvalue weighted by molar-refractivity contribution is -0.384. The molecule has 1 amide bonds. The first-order valence-corrected chi connectivity index (χ1v) is 8.81. The predicted molar refractivity (Wildman–Crippen MR) is 97.0 cm³/mol. The van der Waals surface area contributed by atoms with Crippen molar-refractivity contribution in [2.75, 3.05) is 31.1 Å². The van der Waals surface area contributed by atoms with Crippen LogP contribution in [0.1, 0.15) is 16.1 Å². The second kappa shape index (κ2) is 7.24. The van der Waals surface area contributed by atoms with Crippen molar-refractivity contribution in [3.8, 4) is 0 Å². The fourth-order valence-electron chi connectivity index (χ4n) is 3.21. The smallest absolute Gasteiger partial charge is 0.353 e. The molecule has 0 N–H and O–H groups in total. The lowest BCUT2D eigenvalue weighted by Gasteiger charge is -2.36. The number of aromatic nitrogens is 4. The number of halogens is 3. The van der Waals surface area contributed by atoms with Crippen LogP contribution in [0.25, 0.3) is 5.78 Å². The monoisotopic (exact) mass is 421 g/mol. The van der Waals surface area contributed by atoms with Crippen molar-refractivity contribution in [2.24, 2.45) is 0 Å². The molecule has 1 aliphatic heterocycles. The Kier molecular flexibility index (Phi) is 4.72. The minimum atomic E-state index is -4.63. The maximum Gasteiger partial charge on any atom is 0.433 e. The third kappa shape index (κ3) is 3.60. The van der Waals surface area contributed by atoms with Crippen molar-refractivity contribution in [1.29, 1.82) is 0 Å². The van der Waals surface area contributed by atoms with Crippen LogP contribution in [-0.2, 0) is 6.18 Å². The van der Waals surface area contributed by atoms with Crippen LogP contribution in [0, 0.1) is 10.1 Å². The van der Waals surface area contributed by atoms with E-state index in [2.05, 4.69) is 15.1 Å². The third-order valence-electron chi connectivity index (χ3n) is 4.74. The molecule has 1 aromatic carbocycles. The van der Waals surface area contributed by atoms with E-state index in [4.69, 9.17) is 0 Å². The highest BCUT2D eigenvalue weighted by Gasteiger charge is 2.35. The highest BCUT2D eigenvalue weighted by molar-refractivity contribution is 5.94. The van der Waals surface area contributed by atoms with Crippen LogP contribution in [0.15, 0.2) is 36.7 Å². The van der Waals surface area contributed by atoms with E-state index in [9.17, 15) is 28.1 Å². The number of rotatable bonds is 3. The number of nitro benzene ring substituents is 1. The number of nitro groups is 1. The van der Waals surface area contributed by atoms with E-state index in [1.54, 1.807) is 9.80 Å². The number of carbonyl (C=O) groups is 1. The van der Waals surface area contributed by atoms with Crippen molar-refractivity contribution in [3.63, 3.8) is 0 Å². The summed E-state index contributed by atoms with van der Waals surface area (Å²) in [6.07, 6.45) is -3.50. The second-order valence-corrected chi connectivity index (χ2v) is 6.55. The first kappa shape index (κ1) is 19.5. The molecule has 3 aromatic rings. The van der Waals surface area contributed by atoms with Gasteiger partial charge in [-0.15, -0.1) is 0 Å². The number of hydrogen-bond donors (Lipinski definition) is 0. The third-order valence-corrected chi connectivity index (χ3v) is 4.74. The molecule has 1 saturated heterocycles. The molecule has 2 aromatic heterocycles. The average Bonchev–Trinajstić information content (AvgIpc) is 3.21. The van der Waals surface area contributed by atoms with Crippen LogP contribution in [0.3, 0.4) is 0 Å². The molecular formula is C17H14F3N7O3. The molecule has 30 heavy (non-hydrogen) atoms. The summed E-state index contributed by atoms with van der Waals surface area (Å²) in [5.41, 5.74) is -0.884. The highest BCUT2D eigenvalue weighted by atomic mass is 19.4. The molecule has 3 heterocycles. The molecule has 0 radical (unpaired) electrons. The van der Waals surface area contributed by atoms with Crippen molar-refractivity contribution in [2.45, 2.75) is 6.18 Å². The van der Waals surface area contributed by atoms with Crippen molar-refractivity contribution < 1.29 is 22.9 Å². The van der Waals surface area contributed by atoms with Crippen molar-refractivity contribution in [3.05, 3.63) is 58.0 Å². The number of piperazine rings is 1. The molecule has 0 saturated carbocycles. The van der Waals surface area contributed by atoms with Gasteiger partial charge in [0.2, 0.25) is 0 Å². The zero-order chi connectivity index (χ0) is 21.5. The first-order chi connectivity index (χ1) is 14.2. The van der Waals surface area contributed by atoms with E-state index in [0.717, 1.165) is 12.4 Å². The lowest BCUT2D eigenvalue weighted by Crippen LogP contribution is -2.49. The molecule has 1 aliphatic rings. The SMILES string of the molecule is O=C(c1ccc([N+](=O)[O-])cc1)N1CCN(c2cc(C(F)(F)F)nc3ncnn23)CC1. The Labute approximate surface area is 166 Å². The van der Waals surface area contributed by atoms with Gasteiger partial charge in [0.25, 0.3) is 17.4 Å². The van der Waals surface area contributed by atoms with Gasteiger partial charge in [0.05, 0.1) is 4.92 Å². The van der Waals surface area contributed by atoms with E-state index in [0.29, 0.717) is 5.56 Å². The largest absolute Gasteiger partial charge is 0.433 e. The number of non-ortho nitro benzene ring substituents is 1. The molecule has 10 nitrogen and oxygen atoms in total. The summed E-state index contributed by atoms with van der Waals surface area (Å²) in [5.74, 6) is -0.280. The Hall–Kier alpha value is -3.77. The quantitative estimate of drug-likeness (QED) is 0.470. The van der Waals surface area contributed by atoms with Crippen LogP contribution in [0.4, 0.5) is 24.7 Å². The number of benzene rings is 1. The summed E-state index contributed by atoms with van der Waals surface area (Å²) in [5, 5.41) is 14.7.